The average molecular weight is 298 g/mol. The van der Waals surface area contributed by atoms with E-state index in [0.717, 1.165) is 16.4 Å². The van der Waals surface area contributed by atoms with Gasteiger partial charge in [0.05, 0.1) is 0 Å². The number of fused-ring (bicyclic) bond motifs is 2. The zero-order chi connectivity index (χ0) is 14.4. The van der Waals surface area contributed by atoms with Gasteiger partial charge < -0.3 is 4.42 Å². The van der Waals surface area contributed by atoms with Crippen molar-refractivity contribution in [1.82, 2.24) is 4.98 Å². The minimum atomic E-state index is -0.396. The third-order valence-electron chi connectivity index (χ3n) is 3.41. The Kier molecular flexibility index (Phi) is 2.59. The van der Waals surface area contributed by atoms with Gasteiger partial charge in [-0.05, 0) is 36.4 Å². The second kappa shape index (κ2) is 4.46. The van der Waals surface area contributed by atoms with E-state index in [4.69, 9.17) is 16.0 Å². The van der Waals surface area contributed by atoms with Crippen molar-refractivity contribution < 1.29 is 9.40 Å². The molecule has 0 radical (unpaired) electrons. The summed E-state index contributed by atoms with van der Waals surface area (Å²) in [6, 6.07) is 14.7. The lowest BCUT2D eigenvalue weighted by molar-refractivity contribution is -0.330. The highest BCUT2D eigenvalue weighted by molar-refractivity contribution is 6.31. The molecular formula is C16H10ClN2O2+. The number of para-hydroxylation sites is 2. The zero-order valence-corrected chi connectivity index (χ0v) is 11.6. The van der Waals surface area contributed by atoms with Gasteiger partial charge in [0.15, 0.2) is 11.0 Å². The SMILES string of the molecule is O=c1oc2ccc(Cl)cc2cc1-c1[nH]c2ccccc2[nH+]1. The van der Waals surface area contributed by atoms with Crippen LogP contribution >= 0.6 is 11.6 Å². The van der Waals surface area contributed by atoms with Crippen LogP contribution in [0.4, 0.5) is 0 Å². The van der Waals surface area contributed by atoms with Crippen LogP contribution in [0.2, 0.25) is 5.02 Å². The number of imidazole rings is 1. The molecule has 0 atom stereocenters. The fraction of sp³-hybridized carbons (Fsp3) is 0. The molecule has 102 valence electrons. The van der Waals surface area contributed by atoms with E-state index in [1.807, 2.05) is 24.3 Å². The molecule has 0 aliphatic heterocycles. The topological polar surface area (TPSA) is 60.1 Å². The first-order valence-electron chi connectivity index (χ1n) is 6.44. The first-order valence-corrected chi connectivity index (χ1v) is 6.82. The van der Waals surface area contributed by atoms with Gasteiger partial charge in [0, 0.05) is 10.4 Å². The molecule has 2 aromatic carbocycles. The number of halogens is 1. The molecule has 0 saturated carbocycles. The molecule has 0 unspecified atom stereocenters. The van der Waals surface area contributed by atoms with Crippen LogP contribution in [0.3, 0.4) is 0 Å². The lowest BCUT2D eigenvalue weighted by Gasteiger charge is -1.98. The summed E-state index contributed by atoms with van der Waals surface area (Å²) in [5, 5.41) is 1.38. The number of hydrogen-bond donors (Lipinski definition) is 1. The molecule has 0 aliphatic rings. The van der Waals surface area contributed by atoms with Crippen LogP contribution in [0.25, 0.3) is 33.4 Å². The number of aromatic amines is 2. The number of rotatable bonds is 1. The summed E-state index contributed by atoms with van der Waals surface area (Å²) in [5.74, 6) is 0.617. The van der Waals surface area contributed by atoms with Crippen molar-refractivity contribution in [3.63, 3.8) is 0 Å². The summed E-state index contributed by atoms with van der Waals surface area (Å²) in [6.07, 6.45) is 0. The van der Waals surface area contributed by atoms with Gasteiger partial charge in [0.2, 0.25) is 0 Å². The van der Waals surface area contributed by atoms with Gasteiger partial charge in [-0.3, -0.25) is 0 Å². The summed E-state index contributed by atoms with van der Waals surface area (Å²) >= 11 is 5.99. The summed E-state index contributed by atoms with van der Waals surface area (Å²) in [4.78, 5) is 18.5. The molecule has 0 amide bonds. The number of aromatic nitrogens is 2. The Morgan fingerprint density at radius 3 is 2.81 bits per heavy atom. The maximum Gasteiger partial charge on any atom is 0.351 e. The summed E-state index contributed by atoms with van der Waals surface area (Å²) < 4.78 is 5.34. The van der Waals surface area contributed by atoms with Crippen molar-refractivity contribution in [2.75, 3.05) is 0 Å². The zero-order valence-electron chi connectivity index (χ0n) is 10.8. The lowest BCUT2D eigenvalue weighted by atomic mass is 10.2. The molecule has 0 spiro atoms. The highest BCUT2D eigenvalue weighted by atomic mass is 35.5. The molecule has 4 rings (SSSR count). The van der Waals surface area contributed by atoms with Gasteiger partial charge in [-0.1, -0.05) is 23.7 Å². The number of nitrogens with one attached hydrogen (secondary N) is 2. The van der Waals surface area contributed by atoms with E-state index in [1.54, 1.807) is 24.3 Å². The monoisotopic (exact) mass is 297 g/mol. The molecule has 5 heteroatoms. The fourth-order valence-electron chi connectivity index (χ4n) is 2.40. The maximum absolute atomic E-state index is 12.2. The van der Waals surface area contributed by atoms with Crippen molar-refractivity contribution >= 4 is 33.6 Å². The molecule has 21 heavy (non-hydrogen) atoms. The van der Waals surface area contributed by atoms with E-state index < -0.39 is 5.63 Å². The quantitative estimate of drug-likeness (QED) is 0.547. The minimum Gasteiger partial charge on any atom is -0.422 e. The molecule has 2 N–H and O–H groups in total. The highest BCUT2D eigenvalue weighted by Gasteiger charge is 2.17. The van der Waals surface area contributed by atoms with Crippen LogP contribution < -0.4 is 10.6 Å². The molecule has 4 nitrogen and oxygen atoms in total. The standard InChI is InChI=1S/C16H9ClN2O2/c17-10-5-6-14-9(7-10)8-11(16(20)21-14)15-18-12-3-1-2-4-13(12)19-15/h1-8H,(H,18,19)/p+1. The van der Waals surface area contributed by atoms with Gasteiger partial charge in [-0.2, -0.15) is 0 Å². The van der Waals surface area contributed by atoms with Crippen molar-refractivity contribution in [3.8, 4) is 11.4 Å². The van der Waals surface area contributed by atoms with Crippen LogP contribution in [-0.2, 0) is 0 Å². The van der Waals surface area contributed by atoms with E-state index in [9.17, 15) is 4.79 Å². The Morgan fingerprint density at radius 2 is 1.95 bits per heavy atom. The number of H-pyrrole nitrogens is 2. The van der Waals surface area contributed by atoms with E-state index in [1.165, 1.54) is 0 Å². The predicted molar refractivity (Wildman–Crippen MR) is 81.3 cm³/mol. The summed E-state index contributed by atoms with van der Waals surface area (Å²) in [5.41, 5.74) is 2.43. The van der Waals surface area contributed by atoms with Crippen molar-refractivity contribution in [3.05, 3.63) is 64.0 Å². The van der Waals surface area contributed by atoms with Crippen molar-refractivity contribution in [1.29, 1.82) is 0 Å². The summed E-state index contributed by atoms with van der Waals surface area (Å²) in [6.45, 7) is 0. The predicted octanol–water partition coefficient (Wildman–Crippen LogP) is 3.41. The first kappa shape index (κ1) is 12.2. The third-order valence-corrected chi connectivity index (χ3v) is 3.65. The van der Waals surface area contributed by atoms with Gasteiger partial charge in [0.1, 0.15) is 11.1 Å². The molecule has 0 bridgehead atoms. The van der Waals surface area contributed by atoms with Crippen LogP contribution in [0.15, 0.2) is 57.7 Å². The van der Waals surface area contributed by atoms with Crippen molar-refractivity contribution in [2.45, 2.75) is 0 Å². The lowest BCUT2D eigenvalue weighted by Crippen LogP contribution is -2.10. The van der Waals surface area contributed by atoms with Crippen LogP contribution in [0.5, 0.6) is 0 Å². The number of benzene rings is 2. The van der Waals surface area contributed by atoms with Crippen LogP contribution in [0, 0.1) is 0 Å². The molecule has 4 aromatic rings. The summed E-state index contributed by atoms with van der Waals surface area (Å²) in [7, 11) is 0. The normalized spacial score (nSPS) is 11.3. The van der Waals surface area contributed by atoms with Crippen molar-refractivity contribution in [2.24, 2.45) is 0 Å². The Labute approximate surface area is 124 Å². The molecule has 0 saturated heterocycles. The Balaban J connectivity index is 2.00. The molecule has 0 fully saturated rings. The smallest absolute Gasteiger partial charge is 0.351 e. The number of hydrogen-bond acceptors (Lipinski definition) is 2. The maximum atomic E-state index is 12.2. The van der Waals surface area contributed by atoms with Gasteiger partial charge in [-0.25, -0.2) is 14.8 Å². The van der Waals surface area contributed by atoms with E-state index in [-0.39, 0.29) is 0 Å². The molecule has 0 aliphatic carbocycles. The largest absolute Gasteiger partial charge is 0.422 e. The van der Waals surface area contributed by atoms with Gasteiger partial charge in [-0.15, -0.1) is 0 Å². The molecule has 2 heterocycles. The molecule has 2 aromatic heterocycles. The average Bonchev–Trinajstić information content (AvgIpc) is 2.90. The van der Waals surface area contributed by atoms with Gasteiger partial charge in [0.25, 0.3) is 5.82 Å². The van der Waals surface area contributed by atoms with E-state index >= 15 is 0 Å². The minimum absolute atomic E-state index is 0.396. The van der Waals surface area contributed by atoms with E-state index in [0.29, 0.717) is 22.0 Å². The Bertz CT molecular complexity index is 1000. The van der Waals surface area contributed by atoms with Crippen LogP contribution in [0.1, 0.15) is 0 Å². The first-order chi connectivity index (χ1) is 10.2. The molecular weight excluding hydrogens is 288 g/mol. The van der Waals surface area contributed by atoms with E-state index in [2.05, 4.69) is 9.97 Å². The Morgan fingerprint density at radius 1 is 1.10 bits per heavy atom. The van der Waals surface area contributed by atoms with Crippen LogP contribution in [-0.4, -0.2) is 4.98 Å². The second-order valence-electron chi connectivity index (χ2n) is 4.80. The van der Waals surface area contributed by atoms with Gasteiger partial charge >= 0.3 is 5.63 Å². The Hall–Kier alpha value is -2.59. The second-order valence-corrected chi connectivity index (χ2v) is 5.24. The third kappa shape index (κ3) is 2.00. The fourth-order valence-corrected chi connectivity index (χ4v) is 2.59. The highest BCUT2D eigenvalue weighted by Crippen LogP contribution is 2.22.